The molecule has 1 aromatic heterocycles. The van der Waals surface area contributed by atoms with Crippen molar-refractivity contribution in [2.75, 3.05) is 31.1 Å². The van der Waals surface area contributed by atoms with Crippen LogP contribution in [-0.4, -0.2) is 48.2 Å². The minimum Gasteiger partial charge on any atom is -0.492 e. The summed E-state index contributed by atoms with van der Waals surface area (Å²) in [6.07, 6.45) is 2.11. The Morgan fingerprint density at radius 1 is 1.21 bits per heavy atom. The van der Waals surface area contributed by atoms with Crippen LogP contribution in [0.5, 0.6) is 5.75 Å². The highest BCUT2D eigenvalue weighted by atomic mass is 32.1. The average molecular weight is 541 g/mol. The molecule has 2 aromatic carbocycles. The number of nitrogens with one attached hydrogen (secondary N) is 2. The molecule has 0 saturated carbocycles. The number of aryl methyl sites for hydroxylation is 2. The number of hydrogen-bond donors (Lipinski definition) is 3. The van der Waals surface area contributed by atoms with Gasteiger partial charge in [0.15, 0.2) is 5.84 Å². The normalized spacial score (nSPS) is 11.4. The molecule has 0 aliphatic carbocycles. The summed E-state index contributed by atoms with van der Waals surface area (Å²) in [6, 6.07) is 9.94. The van der Waals surface area contributed by atoms with E-state index in [4.69, 9.17) is 16.1 Å². The molecule has 10 nitrogen and oxygen atoms in total. The van der Waals surface area contributed by atoms with Crippen LogP contribution in [0.4, 0.5) is 9.52 Å². The number of aromatic nitrogens is 2. The molecule has 0 aliphatic heterocycles. The Kier molecular flexibility index (Phi) is 10.8. The standard InChI is InChI=1S/C26H33FN8O2S/c1-4-5-13-35(25(36)20-8-6-7-9-21(20)27)26-34-33-24(38-26)19-15-17(2)23(18(3)16-19)37-14-12-30-11-10-22(31-28)32-29/h6-9,15-16,28,30H,4-5,10-14,29H2,1-3H3. The third-order valence-electron chi connectivity index (χ3n) is 5.77. The third-order valence-corrected chi connectivity index (χ3v) is 6.76. The fourth-order valence-electron chi connectivity index (χ4n) is 3.82. The lowest BCUT2D eigenvalue weighted by Gasteiger charge is -2.19. The van der Waals surface area contributed by atoms with Gasteiger partial charge < -0.3 is 15.9 Å². The van der Waals surface area contributed by atoms with Gasteiger partial charge in [0.1, 0.15) is 23.2 Å². The number of ether oxygens (including phenoxy) is 1. The number of anilines is 1. The van der Waals surface area contributed by atoms with Crippen molar-refractivity contribution in [3.63, 3.8) is 0 Å². The highest BCUT2D eigenvalue weighted by molar-refractivity contribution is 7.18. The number of amidine groups is 1. The molecule has 0 radical (unpaired) electrons. The Balaban J connectivity index is 1.70. The van der Waals surface area contributed by atoms with Gasteiger partial charge in [0.2, 0.25) is 5.13 Å². The summed E-state index contributed by atoms with van der Waals surface area (Å²) in [6.45, 7) is 8.06. The van der Waals surface area contributed by atoms with Crippen LogP contribution in [0.2, 0.25) is 0 Å². The molecule has 0 saturated heterocycles. The Morgan fingerprint density at radius 3 is 2.61 bits per heavy atom. The largest absolute Gasteiger partial charge is 0.492 e. The number of carbonyl (C=O) groups is 1. The van der Waals surface area contributed by atoms with Gasteiger partial charge in [-0.05, 0) is 55.7 Å². The monoisotopic (exact) mass is 540 g/mol. The zero-order valence-electron chi connectivity index (χ0n) is 21.8. The smallest absolute Gasteiger partial charge is 0.263 e. The maximum atomic E-state index is 14.3. The second kappa shape index (κ2) is 14.2. The molecule has 4 N–H and O–H groups in total. The maximum absolute atomic E-state index is 14.3. The lowest BCUT2D eigenvalue weighted by Crippen LogP contribution is -2.32. The zero-order chi connectivity index (χ0) is 27.5. The van der Waals surface area contributed by atoms with Crippen molar-refractivity contribution in [3.8, 4) is 16.3 Å². The van der Waals surface area contributed by atoms with Crippen LogP contribution in [0.15, 0.2) is 46.6 Å². The SMILES string of the molecule is CCCCN(C(=O)c1ccccc1F)c1nnc(-c2cc(C)c(OCCNCCC(N=N)=NN)c(C)c2)s1. The van der Waals surface area contributed by atoms with E-state index >= 15 is 0 Å². The van der Waals surface area contributed by atoms with Crippen LogP contribution >= 0.6 is 11.3 Å². The van der Waals surface area contributed by atoms with Gasteiger partial charge in [0, 0.05) is 31.6 Å². The molecule has 0 spiro atoms. The minimum absolute atomic E-state index is 0.0161. The number of nitrogens with zero attached hydrogens (tertiary/aromatic N) is 5. The summed E-state index contributed by atoms with van der Waals surface area (Å²) in [5.74, 6) is 5.24. The molecular formula is C26H33FN8O2S. The summed E-state index contributed by atoms with van der Waals surface area (Å²) >= 11 is 1.30. The van der Waals surface area contributed by atoms with E-state index in [0.717, 1.165) is 35.3 Å². The van der Waals surface area contributed by atoms with E-state index in [1.165, 1.54) is 28.4 Å². The van der Waals surface area contributed by atoms with Crippen LogP contribution in [0.3, 0.4) is 0 Å². The van der Waals surface area contributed by atoms with Crippen molar-refractivity contribution in [1.29, 1.82) is 5.53 Å². The van der Waals surface area contributed by atoms with Crippen molar-refractivity contribution >= 4 is 28.2 Å². The van der Waals surface area contributed by atoms with Crippen molar-refractivity contribution in [3.05, 3.63) is 58.9 Å². The molecule has 1 heterocycles. The number of amides is 1. The predicted octanol–water partition coefficient (Wildman–Crippen LogP) is 5.07. The number of halogens is 1. The number of carbonyl (C=O) groups excluding carboxylic acids is 1. The molecule has 3 rings (SSSR count). The van der Waals surface area contributed by atoms with E-state index < -0.39 is 11.7 Å². The van der Waals surface area contributed by atoms with Gasteiger partial charge in [-0.2, -0.15) is 5.10 Å². The lowest BCUT2D eigenvalue weighted by atomic mass is 10.1. The van der Waals surface area contributed by atoms with Gasteiger partial charge in [-0.25, -0.2) is 9.92 Å². The molecule has 0 bridgehead atoms. The lowest BCUT2D eigenvalue weighted by molar-refractivity contribution is 0.0982. The fraction of sp³-hybridized carbons (Fsp3) is 0.385. The predicted molar refractivity (Wildman–Crippen MR) is 148 cm³/mol. The van der Waals surface area contributed by atoms with Crippen LogP contribution in [0.1, 0.15) is 47.7 Å². The summed E-state index contributed by atoms with van der Waals surface area (Å²) in [5, 5.41) is 19.6. The van der Waals surface area contributed by atoms with Crippen molar-refractivity contribution in [1.82, 2.24) is 15.5 Å². The third kappa shape index (κ3) is 7.39. The highest BCUT2D eigenvalue weighted by Crippen LogP contribution is 2.34. The van der Waals surface area contributed by atoms with Gasteiger partial charge in [-0.15, -0.1) is 15.3 Å². The molecule has 0 atom stereocenters. The number of unbranched alkanes of at least 4 members (excludes halogenated alkanes) is 1. The summed E-state index contributed by atoms with van der Waals surface area (Å²) in [4.78, 5) is 14.7. The van der Waals surface area contributed by atoms with E-state index in [2.05, 4.69) is 25.7 Å². The molecule has 0 fully saturated rings. The van der Waals surface area contributed by atoms with Crippen LogP contribution < -0.4 is 20.8 Å². The Labute approximate surface area is 225 Å². The number of nitrogens with two attached hydrogens (primary N) is 1. The molecule has 38 heavy (non-hydrogen) atoms. The van der Waals surface area contributed by atoms with Crippen LogP contribution in [0, 0.1) is 25.2 Å². The topological polar surface area (TPSA) is 142 Å². The molecule has 1 amide bonds. The van der Waals surface area contributed by atoms with Crippen molar-refractivity contribution in [2.24, 2.45) is 16.1 Å². The number of rotatable bonds is 13. The van der Waals surface area contributed by atoms with E-state index in [1.807, 2.05) is 32.9 Å². The van der Waals surface area contributed by atoms with Gasteiger partial charge >= 0.3 is 0 Å². The summed E-state index contributed by atoms with van der Waals surface area (Å²) < 4.78 is 20.3. The summed E-state index contributed by atoms with van der Waals surface area (Å²) in [5.41, 5.74) is 9.74. The number of hydrazone groups is 1. The van der Waals surface area contributed by atoms with E-state index in [1.54, 1.807) is 12.1 Å². The molecule has 202 valence electrons. The average Bonchev–Trinajstić information content (AvgIpc) is 3.40. The minimum atomic E-state index is -0.557. The first-order valence-corrected chi connectivity index (χ1v) is 13.2. The quantitative estimate of drug-likeness (QED) is 0.0690. The van der Waals surface area contributed by atoms with E-state index in [-0.39, 0.29) is 11.4 Å². The Bertz CT molecular complexity index is 1260. The number of benzene rings is 2. The van der Waals surface area contributed by atoms with Crippen LogP contribution in [0.25, 0.3) is 10.6 Å². The van der Waals surface area contributed by atoms with Crippen molar-refractivity contribution < 1.29 is 13.9 Å². The van der Waals surface area contributed by atoms with Gasteiger partial charge in [0.05, 0.1) is 5.56 Å². The first-order chi connectivity index (χ1) is 18.4. The molecule has 0 unspecified atom stereocenters. The zero-order valence-corrected chi connectivity index (χ0v) is 22.6. The number of hydrogen-bond acceptors (Lipinski definition) is 9. The first-order valence-electron chi connectivity index (χ1n) is 12.4. The van der Waals surface area contributed by atoms with Gasteiger partial charge in [-0.3, -0.25) is 9.69 Å². The second-order valence-electron chi connectivity index (χ2n) is 8.62. The van der Waals surface area contributed by atoms with E-state index in [9.17, 15) is 9.18 Å². The van der Waals surface area contributed by atoms with Gasteiger partial charge in [-0.1, -0.05) is 36.8 Å². The van der Waals surface area contributed by atoms with Crippen molar-refractivity contribution in [2.45, 2.75) is 40.0 Å². The molecule has 3 aromatic rings. The molecular weight excluding hydrogens is 507 g/mol. The highest BCUT2D eigenvalue weighted by Gasteiger charge is 2.24. The second-order valence-corrected chi connectivity index (χ2v) is 9.58. The first kappa shape index (κ1) is 28.8. The maximum Gasteiger partial charge on any atom is 0.263 e. The summed E-state index contributed by atoms with van der Waals surface area (Å²) in [7, 11) is 0. The Morgan fingerprint density at radius 2 is 1.95 bits per heavy atom. The fourth-order valence-corrected chi connectivity index (χ4v) is 4.68. The molecule has 12 heteroatoms. The van der Waals surface area contributed by atoms with E-state index in [0.29, 0.717) is 42.8 Å². The van der Waals surface area contributed by atoms with Gasteiger partial charge in [0.25, 0.3) is 5.91 Å². The Hall–Kier alpha value is -3.77. The van der Waals surface area contributed by atoms with Crippen LogP contribution in [-0.2, 0) is 0 Å². The molecule has 0 aliphatic rings.